The topological polar surface area (TPSA) is 77.8 Å². The molecule has 0 aliphatic carbocycles. The molecule has 0 bridgehead atoms. The van der Waals surface area contributed by atoms with Gasteiger partial charge in [-0.05, 0) is 24.6 Å². The third kappa shape index (κ3) is 2.78. The van der Waals surface area contributed by atoms with E-state index in [1.54, 1.807) is 19.9 Å². The number of hydrogen-bond acceptors (Lipinski definition) is 6. The van der Waals surface area contributed by atoms with Gasteiger partial charge in [0.05, 0.1) is 17.0 Å². The number of aromatic nitrogens is 4. The number of aryl methyl sites for hydroxylation is 2. The average Bonchev–Trinajstić information content (AvgIpc) is 3.04. The Balaban J connectivity index is 1.89. The molecule has 0 aliphatic heterocycles. The summed E-state index contributed by atoms with van der Waals surface area (Å²) in [7, 11) is 0. The molecule has 3 rings (SSSR count). The van der Waals surface area contributed by atoms with Gasteiger partial charge in [-0.1, -0.05) is 21.9 Å². The van der Waals surface area contributed by atoms with Gasteiger partial charge in [0.15, 0.2) is 11.6 Å². The first-order valence-corrected chi connectivity index (χ1v) is 6.48. The third-order valence-corrected chi connectivity index (χ3v) is 3.15. The molecule has 1 aromatic carbocycles. The molecule has 0 atom stereocenters. The van der Waals surface area contributed by atoms with Gasteiger partial charge in [0.2, 0.25) is 5.89 Å². The Morgan fingerprint density at radius 2 is 1.81 bits per heavy atom. The Morgan fingerprint density at radius 3 is 2.52 bits per heavy atom. The lowest BCUT2D eigenvalue weighted by Crippen LogP contribution is -1.93. The minimum atomic E-state index is -0.384. The van der Waals surface area contributed by atoms with Crippen molar-refractivity contribution in [3.63, 3.8) is 0 Å². The van der Waals surface area contributed by atoms with Gasteiger partial charge in [0, 0.05) is 6.92 Å². The molecule has 0 amide bonds. The minimum absolute atomic E-state index is 0.212. The molecular formula is C13H10ClFN4O2. The van der Waals surface area contributed by atoms with Crippen LogP contribution in [0.4, 0.5) is 4.39 Å². The smallest absolute Gasteiger partial charge is 0.259 e. The maximum absolute atomic E-state index is 13.4. The predicted molar refractivity (Wildman–Crippen MR) is 71.3 cm³/mol. The molecule has 0 aliphatic rings. The van der Waals surface area contributed by atoms with Crippen molar-refractivity contribution in [3.8, 4) is 11.5 Å². The lowest BCUT2D eigenvalue weighted by atomic mass is 10.1. The zero-order valence-electron chi connectivity index (χ0n) is 11.2. The largest absolute Gasteiger partial charge is 0.340 e. The van der Waals surface area contributed by atoms with E-state index in [9.17, 15) is 4.39 Å². The molecule has 2 aromatic heterocycles. The number of benzene rings is 1. The summed E-state index contributed by atoms with van der Waals surface area (Å²) >= 11 is 6.00. The van der Waals surface area contributed by atoms with Gasteiger partial charge in [-0.25, -0.2) is 4.39 Å². The maximum atomic E-state index is 13.4. The van der Waals surface area contributed by atoms with Crippen molar-refractivity contribution in [2.24, 2.45) is 0 Å². The quantitative estimate of drug-likeness (QED) is 0.739. The Bertz CT molecular complexity index is 799. The standard InChI is InChI=1S/C13H10ClFN4O2/c1-6-3-8(9(14)4-10(6)15)13-17-12(19-21-13)5-11-16-7(2)20-18-11/h3-4H,5H2,1-2H3. The van der Waals surface area contributed by atoms with Gasteiger partial charge in [-0.2, -0.15) is 9.97 Å². The molecule has 0 fully saturated rings. The van der Waals surface area contributed by atoms with Gasteiger partial charge in [-0.3, -0.25) is 0 Å². The van der Waals surface area contributed by atoms with E-state index in [1.807, 2.05) is 0 Å². The van der Waals surface area contributed by atoms with E-state index in [0.717, 1.165) is 0 Å². The van der Waals surface area contributed by atoms with Crippen molar-refractivity contribution < 1.29 is 13.4 Å². The molecule has 0 spiro atoms. The molecule has 8 heteroatoms. The summed E-state index contributed by atoms with van der Waals surface area (Å²) in [6.45, 7) is 3.33. The van der Waals surface area contributed by atoms with E-state index in [0.29, 0.717) is 28.7 Å². The van der Waals surface area contributed by atoms with Gasteiger partial charge in [0.1, 0.15) is 5.82 Å². The minimum Gasteiger partial charge on any atom is -0.340 e. The van der Waals surface area contributed by atoms with E-state index in [-0.39, 0.29) is 23.2 Å². The summed E-state index contributed by atoms with van der Waals surface area (Å²) in [6.07, 6.45) is 0.276. The van der Waals surface area contributed by atoms with Crippen LogP contribution in [0.5, 0.6) is 0 Å². The Hall–Kier alpha value is -2.28. The van der Waals surface area contributed by atoms with Crippen molar-refractivity contribution in [1.82, 2.24) is 20.3 Å². The van der Waals surface area contributed by atoms with Gasteiger partial charge < -0.3 is 9.05 Å². The number of nitrogens with zero attached hydrogens (tertiary/aromatic N) is 4. The van der Waals surface area contributed by atoms with Crippen molar-refractivity contribution in [1.29, 1.82) is 0 Å². The molecule has 0 radical (unpaired) electrons. The summed E-state index contributed by atoms with van der Waals surface area (Å²) in [5.41, 5.74) is 0.932. The van der Waals surface area contributed by atoms with Crippen molar-refractivity contribution in [2.75, 3.05) is 0 Å². The number of halogens is 2. The Morgan fingerprint density at radius 1 is 1.10 bits per heavy atom. The number of hydrogen-bond donors (Lipinski definition) is 0. The van der Waals surface area contributed by atoms with Crippen LogP contribution in [0.15, 0.2) is 21.2 Å². The normalized spacial score (nSPS) is 11.0. The summed E-state index contributed by atoms with van der Waals surface area (Å²) in [5.74, 6) is 1.15. The summed E-state index contributed by atoms with van der Waals surface area (Å²) in [5, 5.41) is 7.79. The van der Waals surface area contributed by atoms with Crippen LogP contribution in [-0.4, -0.2) is 20.3 Å². The summed E-state index contributed by atoms with van der Waals surface area (Å²) < 4.78 is 23.4. The van der Waals surface area contributed by atoms with E-state index >= 15 is 0 Å². The van der Waals surface area contributed by atoms with E-state index in [2.05, 4.69) is 20.3 Å². The molecule has 0 saturated heterocycles. The molecule has 2 heterocycles. The van der Waals surface area contributed by atoms with E-state index in [1.165, 1.54) is 6.07 Å². The third-order valence-electron chi connectivity index (χ3n) is 2.83. The van der Waals surface area contributed by atoms with E-state index in [4.69, 9.17) is 20.6 Å². The molecule has 0 unspecified atom stereocenters. The van der Waals surface area contributed by atoms with E-state index < -0.39 is 0 Å². The summed E-state index contributed by atoms with van der Waals surface area (Å²) in [6, 6.07) is 2.78. The van der Waals surface area contributed by atoms with Crippen LogP contribution >= 0.6 is 11.6 Å². The molecule has 6 nitrogen and oxygen atoms in total. The molecule has 108 valence electrons. The van der Waals surface area contributed by atoms with Crippen molar-refractivity contribution in [2.45, 2.75) is 20.3 Å². The SMILES string of the molecule is Cc1nc(Cc2noc(-c3cc(C)c(F)cc3Cl)n2)no1. The fraction of sp³-hybridized carbons (Fsp3) is 0.231. The first-order chi connectivity index (χ1) is 10.0. The van der Waals surface area contributed by atoms with Crippen LogP contribution in [-0.2, 0) is 6.42 Å². The van der Waals surface area contributed by atoms with Crippen molar-refractivity contribution in [3.05, 3.63) is 46.1 Å². The second kappa shape index (κ2) is 5.25. The maximum Gasteiger partial charge on any atom is 0.259 e. The highest BCUT2D eigenvalue weighted by Crippen LogP contribution is 2.29. The lowest BCUT2D eigenvalue weighted by molar-refractivity contribution is 0.387. The highest BCUT2D eigenvalue weighted by Gasteiger charge is 2.16. The van der Waals surface area contributed by atoms with Crippen LogP contribution in [0.3, 0.4) is 0 Å². The van der Waals surface area contributed by atoms with Crippen LogP contribution in [0.1, 0.15) is 23.1 Å². The number of rotatable bonds is 3. The van der Waals surface area contributed by atoms with Gasteiger partial charge in [-0.15, -0.1) is 0 Å². The molecule has 0 saturated carbocycles. The monoisotopic (exact) mass is 308 g/mol. The lowest BCUT2D eigenvalue weighted by Gasteiger charge is -2.01. The Kier molecular flexibility index (Phi) is 3.42. The highest BCUT2D eigenvalue weighted by atomic mass is 35.5. The van der Waals surface area contributed by atoms with Crippen molar-refractivity contribution >= 4 is 11.6 Å². The van der Waals surface area contributed by atoms with Crippen LogP contribution < -0.4 is 0 Å². The molecule has 0 N–H and O–H groups in total. The second-order valence-corrected chi connectivity index (χ2v) is 4.91. The Labute approximate surface area is 123 Å². The van der Waals surface area contributed by atoms with Crippen LogP contribution in [0.25, 0.3) is 11.5 Å². The van der Waals surface area contributed by atoms with Gasteiger partial charge >= 0.3 is 0 Å². The fourth-order valence-electron chi connectivity index (χ4n) is 1.81. The average molecular weight is 309 g/mol. The first kappa shape index (κ1) is 13.7. The molecule has 3 aromatic rings. The van der Waals surface area contributed by atoms with Gasteiger partial charge in [0.25, 0.3) is 5.89 Å². The molecule has 21 heavy (non-hydrogen) atoms. The predicted octanol–water partition coefficient (Wildman–Crippen LogP) is 3.12. The fourth-order valence-corrected chi connectivity index (χ4v) is 2.04. The zero-order chi connectivity index (χ0) is 15.0. The first-order valence-electron chi connectivity index (χ1n) is 6.10. The molecular weight excluding hydrogens is 299 g/mol. The zero-order valence-corrected chi connectivity index (χ0v) is 12.0. The highest BCUT2D eigenvalue weighted by molar-refractivity contribution is 6.33. The second-order valence-electron chi connectivity index (χ2n) is 4.50. The summed E-state index contributed by atoms with van der Waals surface area (Å²) in [4.78, 5) is 8.27. The van der Waals surface area contributed by atoms with Crippen LogP contribution in [0, 0.1) is 19.7 Å². The van der Waals surface area contributed by atoms with Crippen LogP contribution in [0.2, 0.25) is 5.02 Å².